The molecular weight excluding hydrogens is 282 g/mol. The van der Waals surface area contributed by atoms with Crippen molar-refractivity contribution in [2.24, 2.45) is 0 Å². The Morgan fingerprint density at radius 1 is 1.14 bits per heavy atom. The van der Waals surface area contributed by atoms with Crippen LogP contribution in [0.25, 0.3) is 0 Å². The number of aromatic nitrogens is 2. The first-order valence-electron chi connectivity index (χ1n) is 6.87. The van der Waals surface area contributed by atoms with Gasteiger partial charge in [0.05, 0.1) is 18.4 Å². The molecule has 1 amide bonds. The number of rotatable bonds is 6. The van der Waals surface area contributed by atoms with E-state index in [1.807, 2.05) is 0 Å². The molecule has 0 bridgehead atoms. The van der Waals surface area contributed by atoms with Gasteiger partial charge in [-0.2, -0.15) is 0 Å². The highest BCUT2D eigenvalue weighted by Crippen LogP contribution is 2.12. The number of nitrogens with one attached hydrogen (secondary N) is 1. The lowest BCUT2D eigenvalue weighted by atomic mass is 10.1. The fourth-order valence-corrected chi connectivity index (χ4v) is 1.72. The zero-order valence-corrected chi connectivity index (χ0v) is 12.5. The third-order valence-electron chi connectivity index (χ3n) is 2.93. The fourth-order valence-electron chi connectivity index (χ4n) is 1.72. The number of amides is 1. The molecule has 0 saturated carbocycles. The zero-order valence-electron chi connectivity index (χ0n) is 12.5. The topological polar surface area (TPSA) is 81.2 Å². The Morgan fingerprint density at radius 2 is 1.86 bits per heavy atom. The van der Waals surface area contributed by atoms with Gasteiger partial charge in [-0.3, -0.25) is 14.6 Å². The van der Waals surface area contributed by atoms with Gasteiger partial charge in [-0.25, -0.2) is 4.98 Å². The molecule has 0 aliphatic carbocycles. The quantitative estimate of drug-likeness (QED) is 0.649. The highest BCUT2D eigenvalue weighted by atomic mass is 16.5. The summed E-state index contributed by atoms with van der Waals surface area (Å²) in [5, 5.41) is 2.70. The van der Waals surface area contributed by atoms with E-state index in [-0.39, 0.29) is 17.4 Å². The molecule has 0 aliphatic heterocycles. The number of Topliss-reactive ketones (excluding diaryl/α,β-unsaturated/α-hetero) is 1. The molecule has 1 N–H and O–H groups in total. The van der Waals surface area contributed by atoms with Crippen molar-refractivity contribution in [2.45, 2.75) is 13.8 Å². The number of carbonyl (C=O) groups excluding carboxylic acids is 2. The zero-order chi connectivity index (χ0) is 15.9. The van der Waals surface area contributed by atoms with Crippen LogP contribution in [0.1, 0.15) is 33.5 Å². The van der Waals surface area contributed by atoms with Gasteiger partial charge in [-0.15, -0.1) is 0 Å². The molecule has 22 heavy (non-hydrogen) atoms. The van der Waals surface area contributed by atoms with E-state index in [0.717, 1.165) is 5.69 Å². The monoisotopic (exact) mass is 299 g/mol. The molecule has 0 unspecified atom stereocenters. The van der Waals surface area contributed by atoms with Crippen LogP contribution in [0.3, 0.4) is 0 Å². The van der Waals surface area contributed by atoms with E-state index < -0.39 is 0 Å². The lowest BCUT2D eigenvalue weighted by Crippen LogP contribution is -2.28. The van der Waals surface area contributed by atoms with E-state index in [1.54, 1.807) is 37.4 Å². The van der Waals surface area contributed by atoms with E-state index in [2.05, 4.69) is 15.3 Å². The summed E-state index contributed by atoms with van der Waals surface area (Å²) in [5.41, 5.74) is 1.67. The predicted octanol–water partition coefficient (Wildman–Crippen LogP) is 1.80. The number of ether oxygens (including phenoxy) is 1. The van der Waals surface area contributed by atoms with Crippen LogP contribution in [0.4, 0.5) is 0 Å². The third-order valence-corrected chi connectivity index (χ3v) is 2.93. The van der Waals surface area contributed by atoms with Crippen molar-refractivity contribution in [3.05, 3.63) is 53.6 Å². The number of ketones is 1. The van der Waals surface area contributed by atoms with Gasteiger partial charge in [0.25, 0.3) is 5.91 Å². The number of hydrogen-bond donors (Lipinski definition) is 1. The number of hydrogen-bond acceptors (Lipinski definition) is 5. The highest BCUT2D eigenvalue weighted by molar-refractivity contribution is 5.94. The van der Waals surface area contributed by atoms with Crippen LogP contribution >= 0.6 is 0 Å². The van der Waals surface area contributed by atoms with Crippen LogP contribution in [0, 0.1) is 6.92 Å². The average molecular weight is 299 g/mol. The van der Waals surface area contributed by atoms with Crippen molar-refractivity contribution in [3.63, 3.8) is 0 Å². The summed E-state index contributed by atoms with van der Waals surface area (Å²) < 4.78 is 5.48. The first-order chi connectivity index (χ1) is 10.6. The summed E-state index contributed by atoms with van der Waals surface area (Å²) in [6.07, 6.45) is 2.98. The Morgan fingerprint density at radius 3 is 2.45 bits per heavy atom. The lowest BCUT2D eigenvalue weighted by Gasteiger charge is -2.08. The molecule has 6 heteroatoms. The molecular formula is C16H17N3O3. The Kier molecular flexibility index (Phi) is 5.19. The second-order valence-electron chi connectivity index (χ2n) is 4.73. The van der Waals surface area contributed by atoms with E-state index in [9.17, 15) is 9.59 Å². The summed E-state index contributed by atoms with van der Waals surface area (Å²) in [5.74, 6) is 0.371. The predicted molar refractivity (Wildman–Crippen MR) is 81.0 cm³/mol. The van der Waals surface area contributed by atoms with Crippen LogP contribution in [-0.4, -0.2) is 34.8 Å². The minimum atomic E-state index is -0.289. The minimum absolute atomic E-state index is 0.0121. The largest absolute Gasteiger partial charge is 0.492 e. The van der Waals surface area contributed by atoms with Crippen LogP contribution in [0.2, 0.25) is 0 Å². The van der Waals surface area contributed by atoms with Crippen molar-refractivity contribution in [2.75, 3.05) is 13.2 Å². The molecule has 0 aliphatic rings. The van der Waals surface area contributed by atoms with Gasteiger partial charge < -0.3 is 10.1 Å². The Hall–Kier alpha value is -2.76. The van der Waals surface area contributed by atoms with Crippen LogP contribution in [-0.2, 0) is 0 Å². The van der Waals surface area contributed by atoms with Gasteiger partial charge in [-0.05, 0) is 38.1 Å². The maximum Gasteiger partial charge on any atom is 0.271 e. The SMILES string of the molecule is CC(=O)c1ccc(OCCNC(=O)c2cnc(C)cn2)cc1. The van der Waals surface area contributed by atoms with Gasteiger partial charge in [0.1, 0.15) is 18.1 Å². The van der Waals surface area contributed by atoms with Gasteiger partial charge in [0.2, 0.25) is 0 Å². The van der Waals surface area contributed by atoms with Crippen molar-refractivity contribution >= 4 is 11.7 Å². The summed E-state index contributed by atoms with van der Waals surface area (Å²) in [6, 6.07) is 6.87. The maximum absolute atomic E-state index is 11.8. The van der Waals surface area contributed by atoms with Crippen molar-refractivity contribution in [1.29, 1.82) is 0 Å². The molecule has 2 aromatic rings. The summed E-state index contributed by atoms with van der Waals surface area (Å²) in [7, 11) is 0. The van der Waals surface area contributed by atoms with Gasteiger partial charge in [0.15, 0.2) is 5.78 Å². The number of carbonyl (C=O) groups is 2. The van der Waals surface area contributed by atoms with Crippen molar-refractivity contribution in [3.8, 4) is 5.75 Å². The van der Waals surface area contributed by atoms with Crippen LogP contribution in [0.5, 0.6) is 5.75 Å². The van der Waals surface area contributed by atoms with E-state index in [0.29, 0.717) is 24.5 Å². The Bertz CT molecular complexity index is 651. The van der Waals surface area contributed by atoms with E-state index >= 15 is 0 Å². The Labute approximate surface area is 128 Å². The van der Waals surface area contributed by atoms with E-state index in [1.165, 1.54) is 13.1 Å². The van der Waals surface area contributed by atoms with Crippen molar-refractivity contribution in [1.82, 2.24) is 15.3 Å². The molecule has 114 valence electrons. The number of nitrogens with zero attached hydrogens (tertiary/aromatic N) is 2. The van der Waals surface area contributed by atoms with Gasteiger partial charge in [-0.1, -0.05) is 0 Å². The second-order valence-corrected chi connectivity index (χ2v) is 4.73. The maximum atomic E-state index is 11.8. The smallest absolute Gasteiger partial charge is 0.271 e. The average Bonchev–Trinajstić information content (AvgIpc) is 2.52. The molecule has 0 atom stereocenters. The first-order valence-corrected chi connectivity index (χ1v) is 6.87. The molecule has 2 rings (SSSR count). The minimum Gasteiger partial charge on any atom is -0.492 e. The molecule has 0 fully saturated rings. The first kappa shape index (κ1) is 15.6. The summed E-state index contributed by atoms with van der Waals surface area (Å²) in [6.45, 7) is 3.99. The molecule has 0 saturated heterocycles. The van der Waals surface area contributed by atoms with Gasteiger partial charge in [0, 0.05) is 11.8 Å². The highest BCUT2D eigenvalue weighted by Gasteiger charge is 2.06. The Balaban J connectivity index is 1.75. The molecule has 1 aromatic carbocycles. The summed E-state index contributed by atoms with van der Waals surface area (Å²) >= 11 is 0. The molecule has 0 spiro atoms. The normalized spacial score (nSPS) is 10.1. The molecule has 0 radical (unpaired) electrons. The standard InChI is InChI=1S/C16H17N3O3/c1-11-9-19-15(10-18-11)16(21)17-7-8-22-14-5-3-13(4-6-14)12(2)20/h3-6,9-10H,7-8H2,1-2H3,(H,17,21). The second kappa shape index (κ2) is 7.31. The van der Waals surface area contributed by atoms with Crippen molar-refractivity contribution < 1.29 is 14.3 Å². The molecule has 1 aromatic heterocycles. The van der Waals surface area contributed by atoms with E-state index in [4.69, 9.17) is 4.74 Å². The molecule has 6 nitrogen and oxygen atoms in total. The lowest BCUT2D eigenvalue weighted by molar-refractivity contribution is 0.0940. The summed E-state index contributed by atoms with van der Waals surface area (Å²) in [4.78, 5) is 30.9. The van der Waals surface area contributed by atoms with Crippen LogP contribution in [0.15, 0.2) is 36.7 Å². The van der Waals surface area contributed by atoms with Crippen LogP contribution < -0.4 is 10.1 Å². The molecule has 1 heterocycles. The van der Waals surface area contributed by atoms with Gasteiger partial charge >= 0.3 is 0 Å². The fraction of sp³-hybridized carbons (Fsp3) is 0.250. The number of benzene rings is 1. The third kappa shape index (κ3) is 4.37. The number of aryl methyl sites for hydroxylation is 1.